The zero-order valence-corrected chi connectivity index (χ0v) is 17.9. The van der Waals surface area contributed by atoms with Crippen LogP contribution in [-0.2, 0) is 4.74 Å². The molecule has 4 rings (SSSR count). The molecule has 1 aromatic heterocycles. The fraction of sp³-hybridized carbons (Fsp3) is 0.455. The summed E-state index contributed by atoms with van der Waals surface area (Å²) in [5, 5.41) is 17.3. The molecule has 0 radical (unpaired) electrons. The first-order valence-electron chi connectivity index (χ1n) is 10.5. The first-order chi connectivity index (χ1) is 15.2. The molecule has 0 spiro atoms. The lowest BCUT2D eigenvalue weighted by Gasteiger charge is -2.40. The maximum absolute atomic E-state index is 13.2. The van der Waals surface area contributed by atoms with Crippen LogP contribution >= 0.6 is 0 Å². The predicted molar refractivity (Wildman–Crippen MR) is 113 cm³/mol. The quantitative estimate of drug-likeness (QED) is 0.734. The zero-order valence-electron chi connectivity index (χ0n) is 17.9. The van der Waals surface area contributed by atoms with Crippen molar-refractivity contribution in [3.63, 3.8) is 0 Å². The Labute approximate surface area is 184 Å². The molecule has 2 heterocycles. The molecule has 0 bridgehead atoms. The van der Waals surface area contributed by atoms with Crippen molar-refractivity contribution in [1.29, 1.82) is 5.26 Å². The Bertz CT molecular complexity index is 1070. The molecule has 2 amide bonds. The van der Waals surface area contributed by atoms with Crippen LogP contribution in [0.4, 0.5) is 20.7 Å². The number of primary amides is 1. The minimum Gasteiger partial charge on any atom is -0.443 e. The van der Waals surface area contributed by atoms with Crippen LogP contribution in [0.5, 0.6) is 0 Å². The third-order valence-corrected chi connectivity index (χ3v) is 6.21. The highest BCUT2D eigenvalue weighted by Crippen LogP contribution is 2.40. The summed E-state index contributed by atoms with van der Waals surface area (Å²) in [6, 6.07) is 7.13. The summed E-state index contributed by atoms with van der Waals surface area (Å²) >= 11 is 0. The number of hydrogen-bond donors (Lipinski definition) is 2. The van der Waals surface area contributed by atoms with Crippen LogP contribution < -0.4 is 11.1 Å². The maximum atomic E-state index is 13.2. The van der Waals surface area contributed by atoms with Gasteiger partial charge in [0.2, 0.25) is 0 Å². The summed E-state index contributed by atoms with van der Waals surface area (Å²) in [4.78, 5) is 26.2. The SMILES string of the molecule is CC1C(C#N)C(n2cc(C(N)=O)c(Nc3ccc(F)cc3)n2)CCN1C(=O)OC1(C)CC1. The average molecular weight is 440 g/mol. The van der Waals surface area contributed by atoms with Gasteiger partial charge in [0.25, 0.3) is 5.91 Å². The van der Waals surface area contributed by atoms with Gasteiger partial charge in [0.15, 0.2) is 5.82 Å². The number of carbonyl (C=O) groups excluding carboxylic acids is 2. The molecular formula is C22H25FN6O3. The fourth-order valence-electron chi connectivity index (χ4n) is 3.97. The number of aromatic nitrogens is 2. The number of rotatable bonds is 5. The fourth-order valence-corrected chi connectivity index (χ4v) is 3.97. The standard InChI is InChI=1S/C22H25FN6O3/c1-13-16(11-24)18(7-10-28(13)21(31)32-22(2)8-9-22)29-12-17(19(25)30)20(27-29)26-15-5-3-14(23)4-6-15/h3-6,12-13,16,18H,7-10H2,1-2H3,(H2,25,30)(H,26,27). The number of piperidine rings is 1. The molecule has 3 atom stereocenters. The Hall–Kier alpha value is -3.61. The van der Waals surface area contributed by atoms with E-state index >= 15 is 0 Å². The molecule has 1 saturated heterocycles. The Balaban J connectivity index is 1.56. The van der Waals surface area contributed by atoms with Crippen LogP contribution in [0.15, 0.2) is 30.5 Å². The number of nitrogens with one attached hydrogen (secondary N) is 1. The van der Waals surface area contributed by atoms with Gasteiger partial charge in [-0.1, -0.05) is 0 Å². The van der Waals surface area contributed by atoms with Gasteiger partial charge in [-0.25, -0.2) is 9.18 Å². The van der Waals surface area contributed by atoms with Crippen molar-refractivity contribution in [1.82, 2.24) is 14.7 Å². The van der Waals surface area contributed by atoms with E-state index in [4.69, 9.17) is 10.5 Å². The number of nitrogens with zero attached hydrogens (tertiary/aromatic N) is 4. The third kappa shape index (κ3) is 4.23. The number of benzene rings is 1. The predicted octanol–water partition coefficient (Wildman–Crippen LogP) is 3.33. The van der Waals surface area contributed by atoms with E-state index < -0.39 is 29.6 Å². The van der Waals surface area contributed by atoms with E-state index in [1.165, 1.54) is 30.5 Å². The van der Waals surface area contributed by atoms with Gasteiger partial charge in [0, 0.05) is 18.4 Å². The minimum absolute atomic E-state index is 0.155. The number of likely N-dealkylation sites (tertiary alicyclic amines) is 1. The monoisotopic (exact) mass is 440 g/mol. The Morgan fingerprint density at radius 1 is 1.34 bits per heavy atom. The molecule has 1 aliphatic heterocycles. The molecule has 32 heavy (non-hydrogen) atoms. The maximum Gasteiger partial charge on any atom is 0.410 e. The highest BCUT2D eigenvalue weighted by Gasteiger charge is 2.46. The third-order valence-electron chi connectivity index (χ3n) is 6.21. The summed E-state index contributed by atoms with van der Waals surface area (Å²) in [5.74, 6) is -1.41. The van der Waals surface area contributed by atoms with Crippen LogP contribution in [-0.4, -0.2) is 44.9 Å². The molecule has 1 aliphatic carbocycles. The molecule has 1 aromatic carbocycles. The average Bonchev–Trinajstić information content (AvgIpc) is 3.31. The van der Waals surface area contributed by atoms with E-state index in [-0.39, 0.29) is 23.2 Å². The van der Waals surface area contributed by atoms with Gasteiger partial charge in [-0.15, -0.1) is 0 Å². The second kappa shape index (κ2) is 8.15. The van der Waals surface area contributed by atoms with E-state index in [2.05, 4.69) is 16.5 Å². The summed E-state index contributed by atoms with van der Waals surface area (Å²) in [6.07, 6.45) is 3.25. The number of nitriles is 1. The van der Waals surface area contributed by atoms with E-state index in [0.717, 1.165) is 12.8 Å². The van der Waals surface area contributed by atoms with Crippen LogP contribution in [0.3, 0.4) is 0 Å². The molecule has 1 saturated carbocycles. The van der Waals surface area contributed by atoms with Crippen LogP contribution in [0.1, 0.15) is 49.5 Å². The molecular weight excluding hydrogens is 415 g/mol. The van der Waals surface area contributed by atoms with Crippen molar-refractivity contribution in [2.24, 2.45) is 11.7 Å². The molecule has 2 fully saturated rings. The number of nitrogens with two attached hydrogens (primary N) is 1. The van der Waals surface area contributed by atoms with E-state index in [1.807, 2.05) is 13.8 Å². The van der Waals surface area contributed by atoms with Crippen molar-refractivity contribution < 1.29 is 18.7 Å². The summed E-state index contributed by atoms with van der Waals surface area (Å²) in [7, 11) is 0. The molecule has 2 aromatic rings. The van der Waals surface area contributed by atoms with Crippen molar-refractivity contribution in [2.45, 2.75) is 50.8 Å². The van der Waals surface area contributed by atoms with Gasteiger partial charge in [-0.3, -0.25) is 9.48 Å². The normalized spacial score (nSPS) is 23.8. The van der Waals surface area contributed by atoms with E-state index in [0.29, 0.717) is 18.7 Å². The van der Waals surface area contributed by atoms with Crippen molar-refractivity contribution >= 4 is 23.5 Å². The lowest BCUT2D eigenvalue weighted by molar-refractivity contribution is 0.0235. The largest absolute Gasteiger partial charge is 0.443 e. The Morgan fingerprint density at radius 3 is 2.62 bits per heavy atom. The van der Waals surface area contributed by atoms with Gasteiger partial charge >= 0.3 is 6.09 Å². The highest BCUT2D eigenvalue weighted by atomic mass is 19.1. The molecule has 9 nitrogen and oxygen atoms in total. The number of carbonyl (C=O) groups is 2. The van der Waals surface area contributed by atoms with Gasteiger partial charge in [-0.05, 0) is 57.4 Å². The van der Waals surface area contributed by atoms with Crippen molar-refractivity contribution in [2.75, 3.05) is 11.9 Å². The molecule has 10 heteroatoms. The number of anilines is 2. The van der Waals surface area contributed by atoms with Crippen LogP contribution in [0.2, 0.25) is 0 Å². The number of halogens is 1. The molecule has 2 aliphatic rings. The number of ether oxygens (including phenoxy) is 1. The van der Waals surface area contributed by atoms with Crippen molar-refractivity contribution in [3.8, 4) is 6.07 Å². The van der Waals surface area contributed by atoms with E-state index in [9.17, 15) is 19.2 Å². The second-order valence-corrected chi connectivity index (χ2v) is 8.63. The van der Waals surface area contributed by atoms with Gasteiger partial charge in [0.05, 0.1) is 24.1 Å². The molecule has 3 unspecified atom stereocenters. The molecule has 3 N–H and O–H groups in total. The first kappa shape index (κ1) is 21.6. The zero-order chi connectivity index (χ0) is 23.0. The number of hydrogen-bond acceptors (Lipinski definition) is 6. The topological polar surface area (TPSA) is 126 Å². The smallest absolute Gasteiger partial charge is 0.410 e. The van der Waals surface area contributed by atoms with E-state index in [1.54, 1.807) is 9.58 Å². The lowest BCUT2D eigenvalue weighted by Crippen LogP contribution is -2.51. The highest BCUT2D eigenvalue weighted by molar-refractivity contribution is 5.98. The van der Waals surface area contributed by atoms with Crippen molar-refractivity contribution in [3.05, 3.63) is 41.8 Å². The Morgan fingerprint density at radius 2 is 2.03 bits per heavy atom. The summed E-state index contributed by atoms with van der Waals surface area (Å²) in [5.41, 5.74) is 5.83. The van der Waals surface area contributed by atoms with Crippen LogP contribution in [0, 0.1) is 23.1 Å². The Kier molecular flexibility index (Phi) is 5.50. The van der Waals surface area contributed by atoms with Gasteiger partial charge in [-0.2, -0.15) is 10.4 Å². The summed E-state index contributed by atoms with van der Waals surface area (Å²) < 4.78 is 20.3. The first-order valence-corrected chi connectivity index (χ1v) is 10.5. The number of amides is 2. The second-order valence-electron chi connectivity index (χ2n) is 8.63. The van der Waals surface area contributed by atoms with Gasteiger partial charge < -0.3 is 20.7 Å². The summed E-state index contributed by atoms with van der Waals surface area (Å²) in [6.45, 7) is 4.10. The minimum atomic E-state index is -0.680. The van der Waals surface area contributed by atoms with Crippen LogP contribution in [0.25, 0.3) is 0 Å². The lowest BCUT2D eigenvalue weighted by atomic mass is 9.87. The van der Waals surface area contributed by atoms with Gasteiger partial charge in [0.1, 0.15) is 17.0 Å². The molecule has 168 valence electrons.